The number of nitrogens with one attached hydrogen (secondary N) is 1. The molecule has 1 heterocycles. The van der Waals surface area contributed by atoms with E-state index in [2.05, 4.69) is 22.4 Å². The van der Waals surface area contributed by atoms with Crippen LogP contribution in [0.25, 0.3) is 0 Å². The number of aryl methyl sites for hydroxylation is 1. The fourth-order valence-corrected chi connectivity index (χ4v) is 2.28. The number of benzene rings is 1. The van der Waals surface area contributed by atoms with Crippen molar-refractivity contribution < 1.29 is 4.79 Å². The fraction of sp³-hybridized carbons (Fsp3) is 0.250. The van der Waals surface area contributed by atoms with Crippen LogP contribution in [0.4, 0.5) is 0 Å². The fourth-order valence-electron chi connectivity index (χ4n) is 2.28. The lowest BCUT2D eigenvalue weighted by Gasteiger charge is -2.05. The second-order valence-electron chi connectivity index (χ2n) is 5.02. The molecule has 0 bridgehead atoms. The first-order valence-corrected chi connectivity index (χ1v) is 6.52. The van der Waals surface area contributed by atoms with Crippen LogP contribution in [-0.2, 0) is 0 Å². The Morgan fingerprint density at radius 1 is 1.21 bits per heavy atom. The van der Waals surface area contributed by atoms with E-state index in [0.717, 1.165) is 12.1 Å². The molecule has 3 rings (SSSR count). The quantitative estimate of drug-likeness (QED) is 0.912. The summed E-state index contributed by atoms with van der Waals surface area (Å²) in [5.74, 6) is 0.430. The SMILES string of the molecule is Cc1ccc(C(=O)NC2CC2c2ccccc2)cn1. The van der Waals surface area contributed by atoms with E-state index in [0.29, 0.717) is 11.5 Å². The van der Waals surface area contributed by atoms with Crippen LogP contribution in [-0.4, -0.2) is 16.9 Å². The molecule has 1 amide bonds. The molecule has 3 heteroatoms. The molecule has 1 aliphatic carbocycles. The van der Waals surface area contributed by atoms with Crippen molar-refractivity contribution in [3.63, 3.8) is 0 Å². The average Bonchev–Trinajstić information content (AvgIpc) is 3.20. The molecule has 0 radical (unpaired) electrons. The molecule has 19 heavy (non-hydrogen) atoms. The Bertz CT molecular complexity index is 577. The molecule has 1 fully saturated rings. The third kappa shape index (κ3) is 2.65. The van der Waals surface area contributed by atoms with E-state index in [1.807, 2.05) is 37.3 Å². The minimum Gasteiger partial charge on any atom is -0.349 e. The minimum absolute atomic E-state index is 0.0315. The Labute approximate surface area is 112 Å². The average molecular weight is 252 g/mol. The zero-order chi connectivity index (χ0) is 13.2. The highest BCUT2D eigenvalue weighted by molar-refractivity contribution is 5.94. The van der Waals surface area contributed by atoms with Gasteiger partial charge in [0.25, 0.3) is 5.91 Å². The van der Waals surface area contributed by atoms with Crippen molar-refractivity contribution in [2.45, 2.75) is 25.3 Å². The van der Waals surface area contributed by atoms with Crippen LogP contribution in [0.1, 0.15) is 34.0 Å². The predicted octanol–water partition coefficient (Wildman–Crippen LogP) is 2.68. The molecule has 0 aliphatic heterocycles. The van der Waals surface area contributed by atoms with Gasteiger partial charge in [-0.25, -0.2) is 0 Å². The van der Waals surface area contributed by atoms with Crippen molar-refractivity contribution in [1.82, 2.24) is 10.3 Å². The number of hydrogen-bond donors (Lipinski definition) is 1. The van der Waals surface area contributed by atoms with E-state index >= 15 is 0 Å². The first-order valence-electron chi connectivity index (χ1n) is 6.52. The van der Waals surface area contributed by atoms with Gasteiger partial charge in [-0.15, -0.1) is 0 Å². The van der Waals surface area contributed by atoms with Crippen LogP contribution in [0.3, 0.4) is 0 Å². The summed E-state index contributed by atoms with van der Waals surface area (Å²) in [6.07, 6.45) is 2.65. The highest BCUT2D eigenvalue weighted by atomic mass is 16.1. The van der Waals surface area contributed by atoms with E-state index in [9.17, 15) is 4.79 Å². The van der Waals surface area contributed by atoms with Gasteiger partial charge in [-0.1, -0.05) is 30.3 Å². The van der Waals surface area contributed by atoms with E-state index in [4.69, 9.17) is 0 Å². The third-order valence-corrected chi connectivity index (χ3v) is 3.51. The van der Waals surface area contributed by atoms with Crippen LogP contribution in [0.5, 0.6) is 0 Å². The maximum absolute atomic E-state index is 12.0. The summed E-state index contributed by atoms with van der Waals surface area (Å²) >= 11 is 0. The standard InChI is InChI=1S/C16H16N2O/c1-11-7-8-13(10-17-11)16(19)18-15-9-14(15)12-5-3-2-4-6-12/h2-8,10,14-15H,9H2,1H3,(H,18,19). The molecule has 3 nitrogen and oxygen atoms in total. The van der Waals surface area contributed by atoms with E-state index < -0.39 is 0 Å². The number of aromatic nitrogens is 1. The van der Waals surface area contributed by atoms with Gasteiger partial charge in [0.1, 0.15) is 0 Å². The Kier molecular flexibility index (Phi) is 3.03. The molecule has 2 unspecified atom stereocenters. The normalized spacial score (nSPS) is 20.9. The Morgan fingerprint density at radius 3 is 2.68 bits per heavy atom. The molecule has 2 aromatic rings. The largest absolute Gasteiger partial charge is 0.349 e. The number of amides is 1. The molecule has 1 aromatic heterocycles. The highest BCUT2D eigenvalue weighted by Crippen LogP contribution is 2.40. The second-order valence-corrected chi connectivity index (χ2v) is 5.02. The van der Waals surface area contributed by atoms with Crippen molar-refractivity contribution in [2.75, 3.05) is 0 Å². The summed E-state index contributed by atoms with van der Waals surface area (Å²) < 4.78 is 0. The molecule has 1 saturated carbocycles. The van der Waals surface area contributed by atoms with Crippen molar-refractivity contribution >= 4 is 5.91 Å². The number of rotatable bonds is 3. The minimum atomic E-state index is -0.0315. The molecule has 0 saturated heterocycles. The molecule has 1 aromatic carbocycles. The third-order valence-electron chi connectivity index (χ3n) is 3.51. The Morgan fingerprint density at radius 2 is 2.00 bits per heavy atom. The van der Waals surface area contributed by atoms with Gasteiger partial charge >= 0.3 is 0 Å². The Balaban J connectivity index is 1.62. The summed E-state index contributed by atoms with van der Waals surface area (Å²) in [7, 11) is 0. The zero-order valence-corrected chi connectivity index (χ0v) is 10.8. The van der Waals surface area contributed by atoms with Crippen LogP contribution in [0.15, 0.2) is 48.7 Å². The lowest BCUT2D eigenvalue weighted by molar-refractivity contribution is 0.0950. The van der Waals surface area contributed by atoms with Gasteiger partial charge in [0.15, 0.2) is 0 Å². The smallest absolute Gasteiger partial charge is 0.253 e. The van der Waals surface area contributed by atoms with Crippen LogP contribution in [0.2, 0.25) is 0 Å². The van der Waals surface area contributed by atoms with Crippen LogP contribution in [0, 0.1) is 6.92 Å². The summed E-state index contributed by atoms with van der Waals surface area (Å²) in [5, 5.41) is 3.06. The van der Waals surface area contributed by atoms with Gasteiger partial charge in [0.2, 0.25) is 0 Å². The van der Waals surface area contributed by atoms with Gasteiger partial charge in [-0.2, -0.15) is 0 Å². The number of carbonyl (C=O) groups is 1. The molecule has 1 N–H and O–H groups in total. The van der Waals surface area contributed by atoms with E-state index in [1.54, 1.807) is 6.20 Å². The molecular weight excluding hydrogens is 236 g/mol. The highest BCUT2D eigenvalue weighted by Gasteiger charge is 2.39. The van der Waals surface area contributed by atoms with Gasteiger partial charge in [-0.05, 0) is 31.0 Å². The summed E-state index contributed by atoms with van der Waals surface area (Å²) in [4.78, 5) is 16.2. The van der Waals surface area contributed by atoms with Gasteiger partial charge in [0.05, 0.1) is 5.56 Å². The van der Waals surface area contributed by atoms with E-state index in [1.165, 1.54) is 5.56 Å². The number of hydrogen-bond acceptors (Lipinski definition) is 2. The summed E-state index contributed by atoms with van der Waals surface area (Å²) in [6, 6.07) is 14.3. The molecular formula is C16H16N2O. The second kappa shape index (κ2) is 4.84. The molecule has 1 aliphatic rings. The van der Waals surface area contributed by atoms with Crippen LogP contribution < -0.4 is 5.32 Å². The van der Waals surface area contributed by atoms with Gasteiger partial charge in [0, 0.05) is 23.9 Å². The monoisotopic (exact) mass is 252 g/mol. The molecule has 2 atom stereocenters. The lowest BCUT2D eigenvalue weighted by atomic mass is 10.1. The topological polar surface area (TPSA) is 42.0 Å². The van der Waals surface area contributed by atoms with Gasteiger partial charge in [-0.3, -0.25) is 9.78 Å². The van der Waals surface area contributed by atoms with Crippen molar-refractivity contribution in [1.29, 1.82) is 0 Å². The zero-order valence-electron chi connectivity index (χ0n) is 10.8. The number of carbonyl (C=O) groups excluding carboxylic acids is 1. The van der Waals surface area contributed by atoms with Crippen molar-refractivity contribution in [3.05, 3.63) is 65.5 Å². The number of nitrogens with zero attached hydrogens (tertiary/aromatic N) is 1. The van der Waals surface area contributed by atoms with E-state index in [-0.39, 0.29) is 11.9 Å². The molecule has 96 valence electrons. The first kappa shape index (κ1) is 11.9. The Hall–Kier alpha value is -2.16. The maximum atomic E-state index is 12.0. The van der Waals surface area contributed by atoms with Gasteiger partial charge < -0.3 is 5.32 Å². The van der Waals surface area contributed by atoms with Crippen molar-refractivity contribution in [2.24, 2.45) is 0 Å². The summed E-state index contributed by atoms with van der Waals surface area (Å²) in [5.41, 5.74) is 2.85. The summed E-state index contributed by atoms with van der Waals surface area (Å²) in [6.45, 7) is 1.91. The predicted molar refractivity (Wildman–Crippen MR) is 74.0 cm³/mol. The maximum Gasteiger partial charge on any atom is 0.253 e. The van der Waals surface area contributed by atoms with Crippen molar-refractivity contribution in [3.8, 4) is 0 Å². The number of pyridine rings is 1. The lowest BCUT2D eigenvalue weighted by Crippen LogP contribution is -2.26. The van der Waals surface area contributed by atoms with Crippen LogP contribution >= 0.6 is 0 Å². The first-order chi connectivity index (χ1) is 9.24. The molecule has 0 spiro atoms.